The van der Waals surface area contributed by atoms with Crippen LogP contribution in [-0.2, 0) is 4.74 Å². The highest BCUT2D eigenvalue weighted by Crippen LogP contribution is 2.21. The first kappa shape index (κ1) is 15.8. The van der Waals surface area contributed by atoms with Crippen molar-refractivity contribution < 1.29 is 19.4 Å². The van der Waals surface area contributed by atoms with E-state index in [1.54, 1.807) is 12.1 Å². The van der Waals surface area contributed by atoms with Crippen LogP contribution in [-0.4, -0.2) is 35.9 Å². The van der Waals surface area contributed by atoms with E-state index in [4.69, 9.17) is 9.84 Å². The zero-order valence-corrected chi connectivity index (χ0v) is 13.1. The molecule has 1 aromatic rings. The Balaban J connectivity index is 2.00. The van der Waals surface area contributed by atoms with Crippen molar-refractivity contribution in [3.8, 4) is 0 Å². The van der Waals surface area contributed by atoms with Crippen molar-refractivity contribution in [2.24, 2.45) is 0 Å². The number of anilines is 1. The lowest BCUT2D eigenvalue weighted by Gasteiger charge is -2.20. The van der Waals surface area contributed by atoms with Crippen LogP contribution >= 0.6 is 15.9 Å². The third-order valence-electron chi connectivity index (χ3n) is 3.34. The molecule has 1 fully saturated rings. The Morgan fingerprint density at radius 3 is 2.86 bits per heavy atom. The van der Waals surface area contributed by atoms with Crippen molar-refractivity contribution in [1.29, 1.82) is 0 Å². The number of rotatable bonds is 4. The van der Waals surface area contributed by atoms with Crippen molar-refractivity contribution in [2.45, 2.75) is 31.9 Å². The second kappa shape index (κ2) is 6.91. The number of carboxylic acids is 1. The summed E-state index contributed by atoms with van der Waals surface area (Å²) in [6, 6.07) is 4.09. The smallest absolute Gasteiger partial charge is 0.337 e. The van der Waals surface area contributed by atoms with Gasteiger partial charge in [0.25, 0.3) is 0 Å². The molecule has 6 nitrogen and oxygen atoms in total. The molecule has 1 heterocycles. The summed E-state index contributed by atoms with van der Waals surface area (Å²) in [5.74, 6) is -1.10. The number of carbonyl (C=O) groups excluding carboxylic acids is 1. The summed E-state index contributed by atoms with van der Waals surface area (Å²) in [5, 5.41) is 14.5. The van der Waals surface area contributed by atoms with Gasteiger partial charge in [-0.25, -0.2) is 9.59 Å². The zero-order valence-electron chi connectivity index (χ0n) is 11.6. The SMILES string of the molecule is CC(NC(=O)Nc1ccc(Br)cc1C(=O)O)C1CCCO1. The minimum atomic E-state index is -1.10. The van der Waals surface area contributed by atoms with Crippen LogP contribution in [0.5, 0.6) is 0 Å². The summed E-state index contributed by atoms with van der Waals surface area (Å²) >= 11 is 3.21. The number of hydrogen-bond donors (Lipinski definition) is 3. The highest BCUT2D eigenvalue weighted by Gasteiger charge is 2.24. The molecule has 0 radical (unpaired) electrons. The second-order valence-electron chi connectivity index (χ2n) is 4.93. The molecule has 0 spiro atoms. The second-order valence-corrected chi connectivity index (χ2v) is 5.85. The average Bonchev–Trinajstić information content (AvgIpc) is 2.94. The van der Waals surface area contributed by atoms with E-state index in [-0.39, 0.29) is 23.4 Å². The summed E-state index contributed by atoms with van der Waals surface area (Å²) in [7, 11) is 0. The largest absolute Gasteiger partial charge is 0.478 e. The number of hydrogen-bond acceptors (Lipinski definition) is 3. The third-order valence-corrected chi connectivity index (χ3v) is 3.83. The van der Waals surface area contributed by atoms with E-state index in [0.717, 1.165) is 12.8 Å². The summed E-state index contributed by atoms with van der Waals surface area (Å²) < 4.78 is 6.14. The molecule has 0 aromatic heterocycles. The van der Waals surface area contributed by atoms with Gasteiger partial charge in [-0.2, -0.15) is 0 Å². The predicted octanol–water partition coefficient (Wildman–Crippen LogP) is 2.84. The van der Waals surface area contributed by atoms with Crippen molar-refractivity contribution >= 4 is 33.6 Å². The molecule has 2 atom stereocenters. The van der Waals surface area contributed by atoms with E-state index < -0.39 is 12.0 Å². The lowest BCUT2D eigenvalue weighted by atomic mass is 10.1. The molecule has 2 rings (SSSR count). The number of carboxylic acid groups (broad SMARTS) is 1. The zero-order chi connectivity index (χ0) is 15.4. The molecule has 2 unspecified atom stereocenters. The van der Waals surface area contributed by atoms with Crippen LogP contribution in [0.3, 0.4) is 0 Å². The average molecular weight is 357 g/mol. The molecule has 0 saturated carbocycles. The fourth-order valence-corrected chi connectivity index (χ4v) is 2.62. The molecular weight excluding hydrogens is 340 g/mol. The van der Waals surface area contributed by atoms with E-state index in [1.807, 2.05) is 6.92 Å². The van der Waals surface area contributed by atoms with Gasteiger partial charge >= 0.3 is 12.0 Å². The third kappa shape index (κ3) is 4.18. The minimum absolute atomic E-state index is 0.0135. The van der Waals surface area contributed by atoms with Crippen LogP contribution < -0.4 is 10.6 Å². The Bertz CT molecular complexity index is 544. The van der Waals surface area contributed by atoms with Gasteiger partial charge in [0.05, 0.1) is 23.4 Å². The van der Waals surface area contributed by atoms with E-state index >= 15 is 0 Å². The first-order valence-corrected chi connectivity index (χ1v) is 7.48. The van der Waals surface area contributed by atoms with Crippen molar-refractivity contribution in [3.05, 3.63) is 28.2 Å². The van der Waals surface area contributed by atoms with E-state index in [0.29, 0.717) is 11.1 Å². The minimum Gasteiger partial charge on any atom is -0.478 e. The predicted molar refractivity (Wildman–Crippen MR) is 81.7 cm³/mol. The van der Waals surface area contributed by atoms with Crippen molar-refractivity contribution in [1.82, 2.24) is 5.32 Å². The topological polar surface area (TPSA) is 87.7 Å². The highest BCUT2D eigenvalue weighted by molar-refractivity contribution is 9.10. The van der Waals surface area contributed by atoms with Crippen molar-refractivity contribution in [3.63, 3.8) is 0 Å². The van der Waals surface area contributed by atoms with Gasteiger partial charge in [0, 0.05) is 11.1 Å². The fourth-order valence-electron chi connectivity index (χ4n) is 2.26. The van der Waals surface area contributed by atoms with E-state index in [2.05, 4.69) is 26.6 Å². The summed E-state index contributed by atoms with van der Waals surface area (Å²) in [4.78, 5) is 23.1. The Labute approximate surface area is 131 Å². The summed E-state index contributed by atoms with van der Waals surface area (Å²) in [6.45, 7) is 2.59. The first-order valence-electron chi connectivity index (χ1n) is 6.69. The van der Waals surface area contributed by atoms with Gasteiger partial charge in [-0.05, 0) is 38.0 Å². The lowest BCUT2D eigenvalue weighted by molar-refractivity contribution is 0.0698. The number of amides is 2. The quantitative estimate of drug-likeness (QED) is 0.773. The van der Waals surface area contributed by atoms with Gasteiger partial charge in [0.15, 0.2) is 0 Å². The normalized spacial score (nSPS) is 19.0. The molecule has 1 aliphatic rings. The molecule has 2 amide bonds. The number of aromatic carboxylic acids is 1. The maximum absolute atomic E-state index is 12.0. The Kier molecular flexibility index (Phi) is 5.19. The van der Waals surface area contributed by atoms with E-state index in [1.165, 1.54) is 6.07 Å². The van der Waals surface area contributed by atoms with Crippen LogP contribution in [0.25, 0.3) is 0 Å². The standard InChI is InChI=1S/C14H17BrN2O4/c1-8(12-3-2-6-21-12)16-14(20)17-11-5-4-9(15)7-10(11)13(18)19/h4-5,7-8,12H,2-3,6H2,1H3,(H,18,19)(H2,16,17,20). The van der Waals surface area contributed by atoms with Gasteiger partial charge < -0.3 is 20.5 Å². The van der Waals surface area contributed by atoms with Gasteiger partial charge in [0.2, 0.25) is 0 Å². The maximum atomic E-state index is 12.0. The molecule has 1 aliphatic heterocycles. The van der Waals surface area contributed by atoms with Crippen molar-refractivity contribution in [2.75, 3.05) is 11.9 Å². The van der Waals surface area contributed by atoms with Gasteiger partial charge in [-0.15, -0.1) is 0 Å². The van der Waals surface area contributed by atoms with Crippen LogP contribution in [0, 0.1) is 0 Å². The molecule has 114 valence electrons. The molecule has 0 aliphatic carbocycles. The fraction of sp³-hybridized carbons (Fsp3) is 0.429. The maximum Gasteiger partial charge on any atom is 0.337 e. The number of halogens is 1. The molecule has 0 bridgehead atoms. The number of nitrogens with one attached hydrogen (secondary N) is 2. The first-order chi connectivity index (χ1) is 9.97. The van der Waals surface area contributed by atoms with E-state index in [9.17, 15) is 9.59 Å². The molecule has 7 heteroatoms. The molecule has 1 aromatic carbocycles. The Hall–Kier alpha value is -1.60. The highest BCUT2D eigenvalue weighted by atomic mass is 79.9. The Morgan fingerprint density at radius 1 is 1.48 bits per heavy atom. The monoisotopic (exact) mass is 356 g/mol. The van der Waals surface area contributed by atoms with Gasteiger partial charge in [-0.1, -0.05) is 15.9 Å². The van der Waals surface area contributed by atoms with Crippen LogP contribution in [0.4, 0.5) is 10.5 Å². The molecule has 1 saturated heterocycles. The summed E-state index contributed by atoms with van der Waals surface area (Å²) in [6.07, 6.45) is 1.92. The van der Waals surface area contributed by atoms with Crippen LogP contribution in [0.15, 0.2) is 22.7 Å². The number of urea groups is 1. The van der Waals surface area contributed by atoms with Crippen LogP contribution in [0.1, 0.15) is 30.1 Å². The van der Waals surface area contributed by atoms with Gasteiger partial charge in [-0.3, -0.25) is 0 Å². The number of carbonyl (C=O) groups is 2. The van der Waals surface area contributed by atoms with Gasteiger partial charge in [0.1, 0.15) is 0 Å². The van der Waals surface area contributed by atoms with Crippen LogP contribution in [0.2, 0.25) is 0 Å². The molecular formula is C14H17BrN2O4. The number of ether oxygens (including phenoxy) is 1. The summed E-state index contributed by atoms with van der Waals surface area (Å²) in [5.41, 5.74) is 0.284. The molecule has 21 heavy (non-hydrogen) atoms. The Morgan fingerprint density at radius 2 is 2.24 bits per heavy atom. The lowest BCUT2D eigenvalue weighted by Crippen LogP contribution is -2.43. The number of benzene rings is 1. The molecule has 3 N–H and O–H groups in total.